The van der Waals surface area contributed by atoms with Crippen molar-refractivity contribution in [2.75, 3.05) is 13.7 Å². The minimum atomic E-state index is -0.487. The van der Waals surface area contributed by atoms with Crippen LogP contribution in [0.3, 0.4) is 0 Å². The first-order valence-corrected chi connectivity index (χ1v) is 6.02. The Balaban J connectivity index is 2.63. The van der Waals surface area contributed by atoms with Gasteiger partial charge in [-0.05, 0) is 33.1 Å². The molecule has 4 heteroatoms. The molecule has 1 aliphatic carbocycles. The summed E-state index contributed by atoms with van der Waals surface area (Å²) in [7, 11) is 1.76. The van der Waals surface area contributed by atoms with Gasteiger partial charge in [-0.2, -0.15) is 0 Å². The Morgan fingerprint density at radius 1 is 1.50 bits per heavy atom. The monoisotopic (exact) mass is 228 g/mol. The summed E-state index contributed by atoms with van der Waals surface area (Å²) in [6, 6.07) is 0.160. The number of likely N-dealkylation sites (N-methyl/N-ethyl adjacent to an activating group) is 1. The molecule has 0 heterocycles. The highest BCUT2D eigenvalue weighted by atomic mass is 16.3. The van der Waals surface area contributed by atoms with Crippen molar-refractivity contribution >= 4 is 5.91 Å². The first-order valence-electron chi connectivity index (χ1n) is 6.02. The van der Waals surface area contributed by atoms with Crippen molar-refractivity contribution in [3.05, 3.63) is 0 Å². The molecule has 0 bridgehead atoms. The van der Waals surface area contributed by atoms with E-state index in [1.54, 1.807) is 11.9 Å². The maximum atomic E-state index is 12.2. The summed E-state index contributed by atoms with van der Waals surface area (Å²) in [5.74, 6) is 0.161. The van der Waals surface area contributed by atoms with Crippen LogP contribution in [0, 0.1) is 5.92 Å². The molecule has 0 aliphatic heterocycles. The summed E-state index contributed by atoms with van der Waals surface area (Å²) in [5.41, 5.74) is 5.40. The Labute approximate surface area is 97.8 Å². The number of hydrogen-bond acceptors (Lipinski definition) is 3. The van der Waals surface area contributed by atoms with Gasteiger partial charge >= 0.3 is 0 Å². The molecule has 0 spiro atoms. The molecule has 2 atom stereocenters. The van der Waals surface area contributed by atoms with Crippen LogP contribution in [0.1, 0.15) is 39.5 Å². The van der Waals surface area contributed by atoms with Gasteiger partial charge in [0.25, 0.3) is 0 Å². The number of nitrogens with two attached hydrogens (primary N) is 1. The third kappa shape index (κ3) is 2.95. The number of carbonyl (C=O) groups is 1. The molecule has 0 aromatic carbocycles. The van der Waals surface area contributed by atoms with E-state index in [1.807, 2.05) is 13.8 Å². The van der Waals surface area contributed by atoms with E-state index in [2.05, 4.69) is 0 Å². The standard InChI is InChI=1S/C12H24N2O2/c1-12(2,8-15)14(3)11(16)9-5-4-6-10(13)7-9/h9-10,15H,4-8,13H2,1-3H3. The first-order chi connectivity index (χ1) is 7.38. The van der Waals surface area contributed by atoms with Gasteiger partial charge in [0.1, 0.15) is 0 Å². The number of aliphatic hydroxyl groups is 1. The number of carbonyl (C=O) groups excluding carboxylic acids is 1. The second kappa shape index (κ2) is 5.15. The van der Waals surface area contributed by atoms with Crippen molar-refractivity contribution in [2.24, 2.45) is 11.7 Å². The molecule has 94 valence electrons. The fourth-order valence-corrected chi connectivity index (χ4v) is 2.13. The van der Waals surface area contributed by atoms with E-state index in [9.17, 15) is 9.90 Å². The number of aliphatic hydroxyl groups excluding tert-OH is 1. The van der Waals surface area contributed by atoms with E-state index >= 15 is 0 Å². The van der Waals surface area contributed by atoms with Crippen LogP contribution in [-0.4, -0.2) is 41.1 Å². The Hall–Kier alpha value is -0.610. The Morgan fingerprint density at radius 2 is 2.12 bits per heavy atom. The lowest BCUT2D eigenvalue weighted by Crippen LogP contribution is -2.51. The van der Waals surface area contributed by atoms with Gasteiger partial charge in [-0.15, -0.1) is 0 Å². The predicted molar refractivity (Wildman–Crippen MR) is 63.9 cm³/mol. The Kier molecular flexibility index (Phi) is 4.33. The summed E-state index contributed by atoms with van der Waals surface area (Å²) in [6.45, 7) is 3.72. The molecule has 4 nitrogen and oxygen atoms in total. The van der Waals surface area contributed by atoms with Gasteiger partial charge in [0, 0.05) is 19.0 Å². The lowest BCUT2D eigenvalue weighted by molar-refractivity contribution is -0.141. The second-order valence-corrected chi connectivity index (χ2v) is 5.49. The third-order valence-corrected chi connectivity index (χ3v) is 3.69. The van der Waals surface area contributed by atoms with Crippen LogP contribution in [0.5, 0.6) is 0 Å². The number of nitrogens with zero attached hydrogens (tertiary/aromatic N) is 1. The van der Waals surface area contributed by atoms with Crippen molar-refractivity contribution in [2.45, 2.75) is 51.1 Å². The molecule has 3 N–H and O–H groups in total. The quantitative estimate of drug-likeness (QED) is 0.748. The molecule has 0 aromatic heterocycles. The molecule has 2 unspecified atom stereocenters. The molecule has 0 radical (unpaired) electrons. The summed E-state index contributed by atoms with van der Waals surface area (Å²) >= 11 is 0. The van der Waals surface area contributed by atoms with Crippen LogP contribution >= 0.6 is 0 Å². The van der Waals surface area contributed by atoms with Gasteiger partial charge in [0.05, 0.1) is 12.1 Å². The highest BCUT2D eigenvalue weighted by molar-refractivity contribution is 5.79. The average Bonchev–Trinajstić information content (AvgIpc) is 2.27. The fourth-order valence-electron chi connectivity index (χ4n) is 2.13. The van der Waals surface area contributed by atoms with E-state index in [-0.39, 0.29) is 24.5 Å². The van der Waals surface area contributed by atoms with Crippen LogP contribution in [0.4, 0.5) is 0 Å². The minimum absolute atomic E-state index is 0.0198. The average molecular weight is 228 g/mol. The minimum Gasteiger partial charge on any atom is -0.394 e. The van der Waals surface area contributed by atoms with E-state index in [0.717, 1.165) is 25.7 Å². The Bertz CT molecular complexity index is 253. The molecule has 0 saturated heterocycles. The lowest BCUT2D eigenvalue weighted by Gasteiger charge is -2.38. The highest BCUT2D eigenvalue weighted by Crippen LogP contribution is 2.26. The van der Waals surface area contributed by atoms with E-state index < -0.39 is 5.54 Å². The molecule has 16 heavy (non-hydrogen) atoms. The summed E-state index contributed by atoms with van der Waals surface area (Å²) < 4.78 is 0. The summed E-state index contributed by atoms with van der Waals surface area (Å²) in [5, 5.41) is 9.25. The van der Waals surface area contributed by atoms with Crippen LogP contribution in [0.2, 0.25) is 0 Å². The Morgan fingerprint density at radius 3 is 2.62 bits per heavy atom. The lowest BCUT2D eigenvalue weighted by atomic mass is 9.84. The van der Waals surface area contributed by atoms with Crippen LogP contribution in [0.15, 0.2) is 0 Å². The molecule has 1 fully saturated rings. The molecular formula is C12H24N2O2. The number of rotatable bonds is 3. The molecule has 1 rings (SSSR count). The van der Waals surface area contributed by atoms with Gasteiger partial charge in [0.15, 0.2) is 0 Å². The van der Waals surface area contributed by atoms with Gasteiger partial charge in [-0.3, -0.25) is 4.79 Å². The van der Waals surface area contributed by atoms with Crippen molar-refractivity contribution in [3.63, 3.8) is 0 Å². The van der Waals surface area contributed by atoms with Gasteiger partial charge < -0.3 is 15.7 Å². The van der Waals surface area contributed by atoms with Crippen LogP contribution in [-0.2, 0) is 4.79 Å². The van der Waals surface area contributed by atoms with E-state index in [1.165, 1.54) is 0 Å². The van der Waals surface area contributed by atoms with E-state index in [4.69, 9.17) is 5.73 Å². The number of hydrogen-bond donors (Lipinski definition) is 2. The molecule has 1 aliphatic rings. The molecule has 1 amide bonds. The highest BCUT2D eigenvalue weighted by Gasteiger charge is 2.33. The largest absolute Gasteiger partial charge is 0.394 e. The van der Waals surface area contributed by atoms with Crippen molar-refractivity contribution in [1.29, 1.82) is 0 Å². The zero-order valence-corrected chi connectivity index (χ0v) is 10.6. The molecular weight excluding hydrogens is 204 g/mol. The van der Waals surface area contributed by atoms with Gasteiger partial charge in [0.2, 0.25) is 5.91 Å². The molecule has 1 saturated carbocycles. The van der Waals surface area contributed by atoms with Gasteiger partial charge in [-0.1, -0.05) is 6.42 Å². The smallest absolute Gasteiger partial charge is 0.226 e. The maximum absolute atomic E-state index is 12.2. The van der Waals surface area contributed by atoms with E-state index in [0.29, 0.717) is 0 Å². The first kappa shape index (κ1) is 13.5. The van der Waals surface area contributed by atoms with Crippen molar-refractivity contribution < 1.29 is 9.90 Å². The second-order valence-electron chi connectivity index (χ2n) is 5.49. The van der Waals surface area contributed by atoms with Crippen molar-refractivity contribution in [3.8, 4) is 0 Å². The van der Waals surface area contributed by atoms with Crippen molar-refractivity contribution in [1.82, 2.24) is 4.90 Å². The fraction of sp³-hybridized carbons (Fsp3) is 0.917. The summed E-state index contributed by atoms with van der Waals surface area (Å²) in [6.07, 6.45) is 3.77. The van der Waals surface area contributed by atoms with Gasteiger partial charge in [-0.25, -0.2) is 0 Å². The predicted octanol–water partition coefficient (Wildman–Crippen LogP) is 0.733. The maximum Gasteiger partial charge on any atom is 0.226 e. The van der Waals surface area contributed by atoms with Crippen LogP contribution < -0.4 is 5.73 Å². The zero-order valence-electron chi connectivity index (χ0n) is 10.6. The SMILES string of the molecule is CN(C(=O)C1CCCC(N)C1)C(C)(C)CO. The summed E-state index contributed by atoms with van der Waals surface area (Å²) in [4.78, 5) is 13.9. The van der Waals surface area contributed by atoms with Crippen LogP contribution in [0.25, 0.3) is 0 Å². The molecule has 0 aromatic rings. The normalized spacial score (nSPS) is 26.6. The topological polar surface area (TPSA) is 66.6 Å². The number of amides is 1. The zero-order chi connectivity index (χ0) is 12.3. The third-order valence-electron chi connectivity index (χ3n) is 3.69.